The number of aromatic nitrogens is 2. The van der Waals surface area contributed by atoms with Gasteiger partial charge >= 0.3 is 0 Å². The van der Waals surface area contributed by atoms with E-state index in [4.69, 9.17) is 28.9 Å². The zero-order valence-corrected chi connectivity index (χ0v) is 10.5. The monoisotopic (exact) mass is 268 g/mol. The van der Waals surface area contributed by atoms with E-state index in [0.717, 1.165) is 5.56 Å². The van der Waals surface area contributed by atoms with Gasteiger partial charge in [-0.2, -0.15) is 0 Å². The molecule has 0 saturated carbocycles. The SMILES string of the molecule is Cc1cc(Cl)c(Nc2nccnc2N)cc1Cl. The quantitative estimate of drug-likeness (QED) is 0.876. The Morgan fingerprint density at radius 2 is 1.82 bits per heavy atom. The first kappa shape index (κ1) is 12.0. The highest BCUT2D eigenvalue weighted by Crippen LogP contribution is 2.31. The van der Waals surface area contributed by atoms with Crippen LogP contribution in [0.5, 0.6) is 0 Å². The lowest BCUT2D eigenvalue weighted by atomic mass is 10.2. The van der Waals surface area contributed by atoms with E-state index >= 15 is 0 Å². The number of nitrogens with zero attached hydrogens (tertiary/aromatic N) is 2. The zero-order chi connectivity index (χ0) is 12.4. The lowest BCUT2D eigenvalue weighted by Crippen LogP contribution is -2.01. The molecule has 1 aromatic heterocycles. The number of anilines is 3. The molecule has 17 heavy (non-hydrogen) atoms. The first-order valence-electron chi connectivity index (χ1n) is 4.87. The Morgan fingerprint density at radius 3 is 2.53 bits per heavy atom. The molecule has 0 atom stereocenters. The van der Waals surface area contributed by atoms with Gasteiger partial charge in [0.2, 0.25) is 0 Å². The molecule has 1 heterocycles. The molecule has 0 spiro atoms. The molecule has 2 aromatic rings. The summed E-state index contributed by atoms with van der Waals surface area (Å²) < 4.78 is 0. The number of rotatable bonds is 2. The second-order valence-electron chi connectivity index (χ2n) is 3.50. The summed E-state index contributed by atoms with van der Waals surface area (Å²) in [4.78, 5) is 7.99. The highest BCUT2D eigenvalue weighted by Gasteiger charge is 2.07. The van der Waals surface area contributed by atoms with Gasteiger partial charge in [0.05, 0.1) is 10.7 Å². The minimum absolute atomic E-state index is 0.306. The molecule has 0 unspecified atom stereocenters. The van der Waals surface area contributed by atoms with Gasteiger partial charge in [-0.3, -0.25) is 0 Å². The topological polar surface area (TPSA) is 63.8 Å². The fraction of sp³-hybridized carbons (Fsp3) is 0.0909. The second kappa shape index (κ2) is 4.77. The molecular formula is C11H10Cl2N4. The third-order valence-corrected chi connectivity index (χ3v) is 2.95. The average molecular weight is 269 g/mol. The van der Waals surface area contributed by atoms with Crippen LogP contribution in [0, 0.1) is 6.92 Å². The third kappa shape index (κ3) is 2.60. The number of nitrogen functional groups attached to an aromatic ring is 1. The normalized spacial score (nSPS) is 10.3. The number of hydrogen-bond donors (Lipinski definition) is 2. The highest BCUT2D eigenvalue weighted by atomic mass is 35.5. The van der Waals surface area contributed by atoms with Crippen LogP contribution < -0.4 is 11.1 Å². The lowest BCUT2D eigenvalue weighted by Gasteiger charge is -2.10. The molecule has 0 aliphatic heterocycles. The summed E-state index contributed by atoms with van der Waals surface area (Å²) in [5.74, 6) is 0.759. The number of nitrogens with two attached hydrogens (primary N) is 1. The van der Waals surface area contributed by atoms with Crippen molar-refractivity contribution in [3.8, 4) is 0 Å². The number of aryl methyl sites for hydroxylation is 1. The van der Waals surface area contributed by atoms with Crippen molar-refractivity contribution in [2.24, 2.45) is 0 Å². The Kier molecular flexibility index (Phi) is 3.36. The van der Waals surface area contributed by atoms with Crippen molar-refractivity contribution in [3.63, 3.8) is 0 Å². The standard InChI is InChI=1S/C11H10Cl2N4/c1-6-4-8(13)9(5-7(6)12)17-11-10(14)15-2-3-16-11/h2-5H,1H3,(H2,14,15)(H,16,17). The van der Waals surface area contributed by atoms with Crippen LogP contribution in [-0.2, 0) is 0 Å². The summed E-state index contributed by atoms with van der Waals surface area (Å²) in [5, 5.41) is 4.17. The molecule has 3 N–H and O–H groups in total. The van der Waals surface area contributed by atoms with Crippen molar-refractivity contribution in [2.45, 2.75) is 6.92 Å². The van der Waals surface area contributed by atoms with E-state index in [1.807, 2.05) is 6.92 Å². The maximum Gasteiger partial charge on any atom is 0.173 e. The molecule has 0 saturated heterocycles. The van der Waals surface area contributed by atoms with Gasteiger partial charge in [0.1, 0.15) is 0 Å². The van der Waals surface area contributed by atoms with Crippen molar-refractivity contribution >= 4 is 40.5 Å². The van der Waals surface area contributed by atoms with Gasteiger partial charge in [-0.05, 0) is 24.6 Å². The maximum absolute atomic E-state index is 6.09. The minimum atomic E-state index is 0.306. The summed E-state index contributed by atoms with van der Waals surface area (Å²) in [6.07, 6.45) is 3.06. The van der Waals surface area contributed by atoms with Gasteiger partial charge in [0.25, 0.3) is 0 Å². The van der Waals surface area contributed by atoms with Crippen molar-refractivity contribution in [1.29, 1.82) is 0 Å². The zero-order valence-electron chi connectivity index (χ0n) is 9.04. The summed E-state index contributed by atoms with van der Waals surface area (Å²) in [5.41, 5.74) is 7.23. The van der Waals surface area contributed by atoms with Crippen LogP contribution in [0.25, 0.3) is 0 Å². The summed E-state index contributed by atoms with van der Waals surface area (Å²) in [7, 11) is 0. The van der Waals surface area contributed by atoms with Crippen LogP contribution >= 0.6 is 23.2 Å². The molecule has 0 aliphatic rings. The Hall–Kier alpha value is -1.52. The predicted molar refractivity (Wildman–Crippen MR) is 70.9 cm³/mol. The van der Waals surface area contributed by atoms with Crippen molar-refractivity contribution in [2.75, 3.05) is 11.1 Å². The second-order valence-corrected chi connectivity index (χ2v) is 4.31. The van der Waals surface area contributed by atoms with E-state index < -0.39 is 0 Å². The minimum Gasteiger partial charge on any atom is -0.381 e. The van der Waals surface area contributed by atoms with Crippen LogP contribution in [0.4, 0.5) is 17.3 Å². The molecule has 2 rings (SSSR count). The molecule has 0 amide bonds. The lowest BCUT2D eigenvalue weighted by molar-refractivity contribution is 1.21. The summed E-state index contributed by atoms with van der Waals surface area (Å²) in [6, 6.07) is 3.51. The van der Waals surface area contributed by atoms with Crippen molar-refractivity contribution in [3.05, 3.63) is 40.1 Å². The molecule has 0 bridgehead atoms. The van der Waals surface area contributed by atoms with Crippen LogP contribution in [0.3, 0.4) is 0 Å². The number of nitrogens with one attached hydrogen (secondary N) is 1. The van der Waals surface area contributed by atoms with Gasteiger partial charge in [0.15, 0.2) is 11.6 Å². The van der Waals surface area contributed by atoms with Gasteiger partial charge in [0, 0.05) is 17.4 Å². The molecule has 0 radical (unpaired) electrons. The summed E-state index contributed by atoms with van der Waals surface area (Å²) in [6.45, 7) is 1.88. The smallest absolute Gasteiger partial charge is 0.173 e. The fourth-order valence-electron chi connectivity index (χ4n) is 1.31. The Bertz CT molecular complexity index is 557. The Labute approximate surface area is 109 Å². The maximum atomic E-state index is 6.09. The largest absolute Gasteiger partial charge is 0.381 e. The number of benzene rings is 1. The van der Waals surface area contributed by atoms with E-state index in [2.05, 4.69) is 15.3 Å². The van der Waals surface area contributed by atoms with E-state index in [-0.39, 0.29) is 0 Å². The van der Waals surface area contributed by atoms with E-state index in [1.165, 1.54) is 6.20 Å². The van der Waals surface area contributed by atoms with Crippen molar-refractivity contribution in [1.82, 2.24) is 9.97 Å². The van der Waals surface area contributed by atoms with Gasteiger partial charge in [-0.15, -0.1) is 0 Å². The Balaban J connectivity index is 2.37. The average Bonchev–Trinajstić information content (AvgIpc) is 2.29. The predicted octanol–water partition coefficient (Wildman–Crippen LogP) is 3.42. The molecule has 0 aliphatic carbocycles. The number of halogens is 2. The molecule has 0 fully saturated rings. The van der Waals surface area contributed by atoms with Gasteiger partial charge < -0.3 is 11.1 Å². The Morgan fingerprint density at radius 1 is 1.12 bits per heavy atom. The van der Waals surface area contributed by atoms with E-state index in [1.54, 1.807) is 18.3 Å². The number of hydrogen-bond acceptors (Lipinski definition) is 4. The van der Waals surface area contributed by atoms with Crippen molar-refractivity contribution < 1.29 is 0 Å². The van der Waals surface area contributed by atoms with E-state index in [9.17, 15) is 0 Å². The summed E-state index contributed by atoms with van der Waals surface area (Å²) >= 11 is 12.1. The van der Waals surface area contributed by atoms with Gasteiger partial charge in [-0.1, -0.05) is 23.2 Å². The fourth-order valence-corrected chi connectivity index (χ4v) is 1.74. The van der Waals surface area contributed by atoms with Crippen LogP contribution in [0.1, 0.15) is 5.56 Å². The molecule has 1 aromatic carbocycles. The first-order chi connectivity index (χ1) is 8.08. The molecular weight excluding hydrogens is 259 g/mol. The highest BCUT2D eigenvalue weighted by molar-refractivity contribution is 6.35. The van der Waals surface area contributed by atoms with Crippen LogP contribution in [0.2, 0.25) is 10.0 Å². The van der Waals surface area contributed by atoms with Crippen LogP contribution in [0.15, 0.2) is 24.5 Å². The van der Waals surface area contributed by atoms with Crippen LogP contribution in [-0.4, -0.2) is 9.97 Å². The molecule has 4 nitrogen and oxygen atoms in total. The first-order valence-corrected chi connectivity index (χ1v) is 5.62. The van der Waals surface area contributed by atoms with E-state index in [0.29, 0.717) is 27.4 Å². The van der Waals surface area contributed by atoms with Gasteiger partial charge in [-0.25, -0.2) is 9.97 Å². The molecule has 88 valence electrons. The molecule has 6 heteroatoms. The third-order valence-electron chi connectivity index (χ3n) is 2.23.